The lowest BCUT2D eigenvalue weighted by Crippen LogP contribution is -2.50. The number of hydrogen-bond donors (Lipinski definition) is 1. The second-order valence-electron chi connectivity index (χ2n) is 5.69. The van der Waals surface area contributed by atoms with Crippen molar-refractivity contribution in [2.24, 2.45) is 0 Å². The van der Waals surface area contributed by atoms with Gasteiger partial charge in [0.25, 0.3) is 0 Å². The first kappa shape index (κ1) is 13.6. The molecule has 3 unspecified atom stereocenters. The summed E-state index contributed by atoms with van der Waals surface area (Å²) in [7, 11) is 0. The zero-order valence-electron chi connectivity index (χ0n) is 11.9. The van der Waals surface area contributed by atoms with E-state index in [1.165, 1.54) is 29.8 Å². The highest BCUT2D eigenvalue weighted by atomic mass is 32.1. The van der Waals surface area contributed by atoms with Crippen LogP contribution >= 0.6 is 11.3 Å². The van der Waals surface area contributed by atoms with Crippen molar-refractivity contribution in [3.63, 3.8) is 0 Å². The van der Waals surface area contributed by atoms with Crippen molar-refractivity contribution in [3.8, 4) is 0 Å². The molecular weight excluding hydrogens is 256 g/mol. The number of hydrogen-bond acceptors (Lipinski definition) is 4. The van der Waals surface area contributed by atoms with Crippen molar-refractivity contribution < 1.29 is 4.74 Å². The summed E-state index contributed by atoms with van der Waals surface area (Å²) in [5.41, 5.74) is 1.40. The SMILES string of the molecule is CCNC(c1csc(C)c1)C1CN2CCCC2CO1. The van der Waals surface area contributed by atoms with Gasteiger partial charge < -0.3 is 10.1 Å². The minimum atomic E-state index is 0.295. The minimum absolute atomic E-state index is 0.295. The number of rotatable bonds is 4. The monoisotopic (exact) mass is 280 g/mol. The van der Waals surface area contributed by atoms with Crippen molar-refractivity contribution in [1.29, 1.82) is 0 Å². The molecule has 19 heavy (non-hydrogen) atoms. The summed E-state index contributed by atoms with van der Waals surface area (Å²) in [5.74, 6) is 0. The van der Waals surface area contributed by atoms with E-state index in [2.05, 4.69) is 35.5 Å². The lowest BCUT2D eigenvalue weighted by Gasteiger charge is -2.39. The van der Waals surface area contributed by atoms with Gasteiger partial charge in [-0.15, -0.1) is 11.3 Å². The molecule has 3 heterocycles. The molecule has 0 radical (unpaired) electrons. The molecule has 2 aliphatic heterocycles. The Morgan fingerprint density at radius 2 is 2.47 bits per heavy atom. The Bertz CT molecular complexity index is 420. The van der Waals surface area contributed by atoms with Crippen molar-refractivity contribution in [3.05, 3.63) is 21.9 Å². The topological polar surface area (TPSA) is 24.5 Å². The third-order valence-corrected chi connectivity index (χ3v) is 5.20. The minimum Gasteiger partial charge on any atom is -0.373 e. The Morgan fingerprint density at radius 1 is 1.58 bits per heavy atom. The Hall–Kier alpha value is -0.420. The van der Waals surface area contributed by atoms with E-state index < -0.39 is 0 Å². The molecule has 0 aliphatic carbocycles. The fourth-order valence-corrected chi connectivity index (χ4v) is 4.10. The first-order valence-corrected chi connectivity index (χ1v) is 8.30. The Labute approximate surface area is 119 Å². The van der Waals surface area contributed by atoms with Gasteiger partial charge in [-0.2, -0.15) is 0 Å². The fourth-order valence-electron chi connectivity index (χ4n) is 3.36. The van der Waals surface area contributed by atoms with Crippen LogP contribution in [0.5, 0.6) is 0 Å². The number of nitrogens with zero attached hydrogens (tertiary/aromatic N) is 1. The van der Waals surface area contributed by atoms with Gasteiger partial charge in [0, 0.05) is 17.5 Å². The van der Waals surface area contributed by atoms with E-state index in [0.29, 0.717) is 18.2 Å². The van der Waals surface area contributed by atoms with E-state index in [-0.39, 0.29) is 0 Å². The fraction of sp³-hybridized carbons (Fsp3) is 0.733. The largest absolute Gasteiger partial charge is 0.373 e. The number of fused-ring (bicyclic) bond motifs is 1. The zero-order valence-corrected chi connectivity index (χ0v) is 12.7. The first-order valence-electron chi connectivity index (χ1n) is 7.42. The van der Waals surface area contributed by atoms with Gasteiger partial charge in [-0.05, 0) is 49.9 Å². The van der Waals surface area contributed by atoms with Gasteiger partial charge in [0.15, 0.2) is 0 Å². The Balaban J connectivity index is 1.73. The number of ether oxygens (including phenoxy) is 1. The van der Waals surface area contributed by atoms with E-state index in [1.807, 2.05) is 11.3 Å². The summed E-state index contributed by atoms with van der Waals surface area (Å²) in [6.07, 6.45) is 2.95. The molecule has 0 bridgehead atoms. The predicted octanol–water partition coefficient (Wildman–Crippen LogP) is 2.57. The molecule has 0 amide bonds. The van der Waals surface area contributed by atoms with Crippen molar-refractivity contribution in [2.45, 2.75) is 44.9 Å². The van der Waals surface area contributed by atoms with Crippen LogP contribution in [-0.4, -0.2) is 43.3 Å². The highest BCUT2D eigenvalue weighted by molar-refractivity contribution is 7.10. The van der Waals surface area contributed by atoms with Crippen LogP contribution in [0.15, 0.2) is 11.4 Å². The molecule has 1 N–H and O–H groups in total. The molecule has 4 heteroatoms. The van der Waals surface area contributed by atoms with Crippen LogP contribution in [-0.2, 0) is 4.74 Å². The number of aryl methyl sites for hydroxylation is 1. The van der Waals surface area contributed by atoms with Crippen LogP contribution < -0.4 is 5.32 Å². The normalized spacial score (nSPS) is 29.4. The van der Waals surface area contributed by atoms with Gasteiger partial charge in [0.05, 0.1) is 18.8 Å². The van der Waals surface area contributed by atoms with Gasteiger partial charge in [0.2, 0.25) is 0 Å². The van der Waals surface area contributed by atoms with Gasteiger partial charge in [-0.25, -0.2) is 0 Å². The van der Waals surface area contributed by atoms with Crippen LogP contribution in [0, 0.1) is 6.92 Å². The number of nitrogens with one attached hydrogen (secondary N) is 1. The van der Waals surface area contributed by atoms with Crippen molar-refractivity contribution in [2.75, 3.05) is 26.2 Å². The molecular formula is C15H24N2OS. The van der Waals surface area contributed by atoms with E-state index >= 15 is 0 Å². The lowest BCUT2D eigenvalue weighted by atomic mass is 10.0. The van der Waals surface area contributed by atoms with E-state index in [1.54, 1.807) is 0 Å². The van der Waals surface area contributed by atoms with Crippen LogP contribution in [0.4, 0.5) is 0 Å². The molecule has 3 rings (SSSR count). The van der Waals surface area contributed by atoms with Gasteiger partial charge >= 0.3 is 0 Å². The summed E-state index contributed by atoms with van der Waals surface area (Å²) in [5, 5.41) is 5.90. The maximum Gasteiger partial charge on any atom is 0.0897 e. The average molecular weight is 280 g/mol. The third kappa shape index (κ3) is 2.87. The quantitative estimate of drug-likeness (QED) is 0.917. The summed E-state index contributed by atoms with van der Waals surface area (Å²) in [4.78, 5) is 4.00. The molecule has 2 saturated heterocycles. The van der Waals surface area contributed by atoms with Crippen molar-refractivity contribution >= 4 is 11.3 Å². The summed E-state index contributed by atoms with van der Waals surface area (Å²) in [6, 6.07) is 3.33. The highest BCUT2D eigenvalue weighted by Gasteiger charge is 2.36. The number of likely N-dealkylation sites (N-methyl/N-ethyl adjacent to an activating group) is 1. The number of morpholine rings is 1. The van der Waals surface area contributed by atoms with Gasteiger partial charge in [-0.1, -0.05) is 6.92 Å². The van der Waals surface area contributed by atoms with Gasteiger partial charge in [0.1, 0.15) is 0 Å². The third-order valence-electron chi connectivity index (χ3n) is 4.32. The Kier molecular flexibility index (Phi) is 4.22. The molecule has 2 aliphatic rings. The maximum absolute atomic E-state index is 6.17. The molecule has 106 valence electrons. The second-order valence-corrected chi connectivity index (χ2v) is 6.80. The predicted molar refractivity (Wildman–Crippen MR) is 79.8 cm³/mol. The van der Waals surface area contributed by atoms with Crippen molar-refractivity contribution in [1.82, 2.24) is 10.2 Å². The van der Waals surface area contributed by atoms with E-state index in [0.717, 1.165) is 19.7 Å². The first-order chi connectivity index (χ1) is 9.28. The molecule has 1 aromatic heterocycles. The second kappa shape index (κ2) is 5.92. The molecule has 3 atom stereocenters. The summed E-state index contributed by atoms with van der Waals surface area (Å²) in [6.45, 7) is 8.59. The maximum atomic E-state index is 6.17. The lowest BCUT2D eigenvalue weighted by molar-refractivity contribution is -0.0650. The molecule has 1 aromatic rings. The van der Waals surface area contributed by atoms with Crippen LogP contribution in [0.3, 0.4) is 0 Å². The average Bonchev–Trinajstić information content (AvgIpc) is 3.03. The van der Waals surface area contributed by atoms with Crippen LogP contribution in [0.25, 0.3) is 0 Å². The smallest absolute Gasteiger partial charge is 0.0897 e. The highest BCUT2D eigenvalue weighted by Crippen LogP contribution is 2.30. The van der Waals surface area contributed by atoms with E-state index in [9.17, 15) is 0 Å². The molecule has 2 fully saturated rings. The molecule has 0 spiro atoms. The van der Waals surface area contributed by atoms with E-state index in [4.69, 9.17) is 4.74 Å². The zero-order chi connectivity index (χ0) is 13.2. The van der Waals surface area contributed by atoms with Gasteiger partial charge in [-0.3, -0.25) is 4.90 Å². The number of thiophene rings is 1. The summed E-state index contributed by atoms with van der Waals surface area (Å²) >= 11 is 1.83. The Morgan fingerprint density at radius 3 is 3.21 bits per heavy atom. The summed E-state index contributed by atoms with van der Waals surface area (Å²) < 4.78 is 6.17. The van der Waals surface area contributed by atoms with Crippen LogP contribution in [0.1, 0.15) is 36.2 Å². The molecule has 3 nitrogen and oxygen atoms in total. The van der Waals surface area contributed by atoms with Crippen LogP contribution in [0.2, 0.25) is 0 Å². The molecule has 0 saturated carbocycles. The molecule has 0 aromatic carbocycles. The standard InChI is InChI=1S/C15H24N2OS/c1-3-16-15(12-7-11(2)19-10-12)14-8-17-6-4-5-13(17)9-18-14/h7,10,13-16H,3-6,8-9H2,1-2H3.